The number of nitrogens with zero attached hydrogens (tertiary/aromatic N) is 1. The van der Waals surface area contributed by atoms with Gasteiger partial charge in [0.25, 0.3) is 11.8 Å². The molecule has 0 fully saturated rings. The summed E-state index contributed by atoms with van der Waals surface area (Å²) < 4.78 is 4.98. The van der Waals surface area contributed by atoms with Crippen LogP contribution in [0.1, 0.15) is 123 Å². The second kappa shape index (κ2) is 11.2. The van der Waals surface area contributed by atoms with E-state index in [1.807, 2.05) is 0 Å². The molecule has 1 heterocycles. The molecule has 1 unspecified atom stereocenters. The maximum absolute atomic E-state index is 13.5. The predicted molar refractivity (Wildman–Crippen MR) is 147 cm³/mol. The van der Waals surface area contributed by atoms with E-state index in [-0.39, 0.29) is 36.0 Å². The fraction of sp³-hybridized carbons (Fsp3) is 0.467. The maximum Gasteiger partial charge on any atom is 0.331 e. The van der Waals surface area contributed by atoms with Crippen molar-refractivity contribution in [2.75, 3.05) is 0 Å². The van der Waals surface area contributed by atoms with Crippen LogP contribution in [0.5, 0.6) is 0 Å². The number of rotatable bonds is 10. The van der Waals surface area contributed by atoms with Crippen molar-refractivity contribution in [2.45, 2.75) is 90.9 Å². The van der Waals surface area contributed by atoms with E-state index in [0.29, 0.717) is 17.9 Å². The molecule has 0 saturated heterocycles. The zero-order chi connectivity index (χ0) is 27.7. The Kier molecular flexibility index (Phi) is 8.68. The van der Waals surface area contributed by atoms with Gasteiger partial charge in [-0.25, -0.2) is 9.10 Å². The minimum Gasteiger partial charge on any atom is -0.459 e. The number of ketones is 1. The van der Waals surface area contributed by atoms with Gasteiger partial charge in [0, 0.05) is 6.42 Å². The van der Waals surface area contributed by atoms with Crippen LogP contribution in [0.2, 0.25) is 0 Å². The first-order valence-electron chi connectivity index (χ1n) is 12.9. The van der Waals surface area contributed by atoms with Crippen molar-refractivity contribution in [3.8, 4) is 0 Å². The third-order valence-corrected chi connectivity index (χ3v) is 8.15. The molecule has 6 nitrogen and oxygen atoms in total. The quantitative estimate of drug-likeness (QED) is 0.148. The number of esters is 1. The molecule has 0 bridgehead atoms. The molecule has 1 aliphatic heterocycles. The van der Waals surface area contributed by atoms with E-state index < -0.39 is 28.3 Å². The van der Waals surface area contributed by atoms with Crippen molar-refractivity contribution in [1.82, 2.24) is 4.31 Å². The monoisotopic (exact) mass is 523 g/mol. The third-order valence-electron chi connectivity index (χ3n) is 6.87. The van der Waals surface area contributed by atoms with Crippen LogP contribution < -0.4 is 0 Å². The van der Waals surface area contributed by atoms with Crippen molar-refractivity contribution in [2.24, 2.45) is 0 Å². The summed E-state index contributed by atoms with van der Waals surface area (Å²) in [5.74, 6) is -1.49. The second-order valence-electron chi connectivity index (χ2n) is 10.6. The molecule has 3 rings (SSSR count). The van der Waals surface area contributed by atoms with Crippen LogP contribution in [0, 0.1) is 0 Å². The summed E-state index contributed by atoms with van der Waals surface area (Å²) in [5.41, 5.74) is 4.91. The van der Waals surface area contributed by atoms with Gasteiger partial charge in [-0.15, -0.1) is 0 Å². The Bertz CT molecular complexity index is 1170. The number of hydrogen-bond donors (Lipinski definition) is 0. The summed E-state index contributed by atoms with van der Waals surface area (Å²) in [7, 11) is 0. The first kappa shape index (κ1) is 28.6. The van der Waals surface area contributed by atoms with Gasteiger partial charge < -0.3 is 4.74 Å². The Labute approximate surface area is 224 Å². The normalized spacial score (nSPS) is 14.9. The first-order chi connectivity index (χ1) is 17.3. The van der Waals surface area contributed by atoms with Gasteiger partial charge in [-0.05, 0) is 71.0 Å². The lowest BCUT2D eigenvalue weighted by atomic mass is 9.85. The summed E-state index contributed by atoms with van der Waals surface area (Å²) in [6.07, 6.45) is 0.0549. The zero-order valence-corrected chi connectivity index (χ0v) is 23.8. The molecular formula is C30H37NO5S. The van der Waals surface area contributed by atoms with E-state index >= 15 is 0 Å². The molecule has 0 N–H and O–H groups in total. The summed E-state index contributed by atoms with van der Waals surface area (Å²) >= 11 is 0.641. The standard InChI is InChI=1S/C30H37NO5S/c1-9-26(32)30(8,37-31-27(33)21-12-10-11-13-22(21)28(31)34)29(35)36-16-25-23(18(4)5)14-20(17(2)3)15-24(25)19(6)7/h10-15,17-19H,9,16H2,1-8H3. The van der Waals surface area contributed by atoms with E-state index in [0.717, 1.165) is 21.0 Å². The van der Waals surface area contributed by atoms with E-state index in [1.54, 1.807) is 31.2 Å². The molecule has 2 aromatic carbocycles. The minimum absolute atomic E-state index is 0.00744. The maximum atomic E-state index is 13.5. The molecule has 0 spiro atoms. The Balaban J connectivity index is 1.93. The predicted octanol–water partition coefficient (Wildman–Crippen LogP) is 6.78. The Morgan fingerprint density at radius 1 is 0.892 bits per heavy atom. The van der Waals surface area contributed by atoms with Crippen LogP contribution in [-0.4, -0.2) is 32.6 Å². The fourth-order valence-corrected chi connectivity index (χ4v) is 5.63. The van der Waals surface area contributed by atoms with Gasteiger partial charge in [0.05, 0.1) is 11.1 Å². The highest BCUT2D eigenvalue weighted by Gasteiger charge is 2.49. The van der Waals surface area contributed by atoms with Gasteiger partial charge in [-0.2, -0.15) is 0 Å². The highest BCUT2D eigenvalue weighted by molar-refractivity contribution is 8.01. The van der Waals surface area contributed by atoms with Crippen molar-refractivity contribution in [1.29, 1.82) is 0 Å². The van der Waals surface area contributed by atoms with Crippen LogP contribution >= 0.6 is 11.9 Å². The lowest BCUT2D eigenvalue weighted by Crippen LogP contribution is -2.45. The molecule has 1 atom stereocenters. The van der Waals surface area contributed by atoms with Gasteiger partial charge >= 0.3 is 5.97 Å². The zero-order valence-electron chi connectivity index (χ0n) is 23.0. The Hall–Kier alpha value is -2.93. The molecule has 37 heavy (non-hydrogen) atoms. The van der Waals surface area contributed by atoms with E-state index in [2.05, 4.69) is 53.7 Å². The van der Waals surface area contributed by atoms with Crippen LogP contribution in [0.3, 0.4) is 0 Å². The van der Waals surface area contributed by atoms with E-state index in [4.69, 9.17) is 4.74 Å². The molecular weight excluding hydrogens is 486 g/mol. The Morgan fingerprint density at radius 3 is 1.78 bits per heavy atom. The van der Waals surface area contributed by atoms with Crippen molar-refractivity contribution in [3.05, 3.63) is 69.8 Å². The number of hydrogen-bond acceptors (Lipinski definition) is 6. The molecule has 0 radical (unpaired) electrons. The van der Waals surface area contributed by atoms with Crippen LogP contribution in [0.15, 0.2) is 36.4 Å². The smallest absolute Gasteiger partial charge is 0.331 e. The summed E-state index contributed by atoms with van der Waals surface area (Å²) in [6, 6.07) is 10.8. The fourth-order valence-electron chi connectivity index (χ4n) is 4.52. The molecule has 2 amide bonds. The number of imide groups is 1. The molecule has 7 heteroatoms. The van der Waals surface area contributed by atoms with Crippen LogP contribution in [0.25, 0.3) is 0 Å². The largest absolute Gasteiger partial charge is 0.459 e. The number of amides is 2. The SMILES string of the molecule is CCC(=O)C(C)(SN1C(=O)c2ccccc2C1=O)C(=O)OCc1c(C(C)C)cc(C(C)C)cc1C(C)C. The molecule has 2 aromatic rings. The van der Waals surface area contributed by atoms with Gasteiger partial charge in [-0.1, -0.05) is 72.7 Å². The number of carbonyl (C=O) groups is 4. The highest BCUT2D eigenvalue weighted by Crippen LogP contribution is 2.39. The van der Waals surface area contributed by atoms with Crippen molar-refractivity contribution < 1.29 is 23.9 Å². The average molecular weight is 524 g/mol. The average Bonchev–Trinajstić information content (AvgIpc) is 3.10. The minimum atomic E-state index is -1.75. The van der Waals surface area contributed by atoms with Crippen LogP contribution in [0.4, 0.5) is 0 Å². The van der Waals surface area contributed by atoms with Crippen molar-refractivity contribution in [3.63, 3.8) is 0 Å². The lowest BCUT2D eigenvalue weighted by Gasteiger charge is -2.29. The molecule has 0 aromatic heterocycles. The van der Waals surface area contributed by atoms with Crippen molar-refractivity contribution >= 4 is 35.5 Å². The van der Waals surface area contributed by atoms with E-state index in [9.17, 15) is 19.2 Å². The van der Waals surface area contributed by atoms with Gasteiger partial charge in [0.15, 0.2) is 10.5 Å². The number of Topliss-reactive ketones (excluding diaryl/α,β-unsaturated/α-hetero) is 1. The summed E-state index contributed by atoms with van der Waals surface area (Å²) in [4.78, 5) is 52.5. The molecule has 198 valence electrons. The van der Waals surface area contributed by atoms with Gasteiger partial charge in [0.1, 0.15) is 6.61 Å². The summed E-state index contributed by atoms with van der Waals surface area (Å²) in [5, 5.41) is 0. The molecule has 0 aliphatic carbocycles. The lowest BCUT2D eigenvalue weighted by molar-refractivity contribution is -0.150. The number of ether oxygens (including phenoxy) is 1. The molecule has 1 aliphatic rings. The Morgan fingerprint density at radius 2 is 1.38 bits per heavy atom. The first-order valence-corrected chi connectivity index (χ1v) is 13.6. The summed E-state index contributed by atoms with van der Waals surface area (Å²) in [6.45, 7) is 15.8. The second-order valence-corrected chi connectivity index (χ2v) is 11.9. The topological polar surface area (TPSA) is 80.8 Å². The van der Waals surface area contributed by atoms with Gasteiger partial charge in [-0.3, -0.25) is 14.4 Å². The molecule has 0 saturated carbocycles. The highest BCUT2D eigenvalue weighted by atomic mass is 32.2. The number of carbonyl (C=O) groups excluding carboxylic acids is 4. The van der Waals surface area contributed by atoms with Crippen LogP contribution in [-0.2, 0) is 20.9 Å². The number of benzene rings is 2. The number of fused-ring (bicyclic) bond motifs is 1. The van der Waals surface area contributed by atoms with Gasteiger partial charge in [0.2, 0.25) is 0 Å². The third kappa shape index (κ3) is 5.52. The van der Waals surface area contributed by atoms with E-state index in [1.165, 1.54) is 12.5 Å².